The van der Waals surface area contributed by atoms with E-state index in [-0.39, 0.29) is 16.2 Å². The van der Waals surface area contributed by atoms with Crippen molar-refractivity contribution in [2.75, 3.05) is 12.4 Å². The highest BCUT2D eigenvalue weighted by Crippen LogP contribution is 2.16. The summed E-state index contributed by atoms with van der Waals surface area (Å²) in [5, 5.41) is 8.70. The molecule has 0 heterocycles. The Hall–Kier alpha value is -1.41. The van der Waals surface area contributed by atoms with E-state index < -0.39 is 29.7 Å². The topological polar surface area (TPSA) is 63.6 Å². The largest absolute Gasteiger partial charge is 0.522 e. The molecule has 1 N–H and O–H groups in total. The molecule has 0 aliphatic heterocycles. The molecular formula is C10H9F3O4S. The summed E-state index contributed by atoms with van der Waals surface area (Å²) in [7, 11) is -1.73. The van der Waals surface area contributed by atoms with E-state index in [1.54, 1.807) is 0 Å². The van der Waals surface area contributed by atoms with E-state index in [1.165, 1.54) is 18.2 Å². The van der Waals surface area contributed by atoms with Gasteiger partial charge in [0.15, 0.2) is 0 Å². The van der Waals surface area contributed by atoms with Crippen LogP contribution >= 0.6 is 0 Å². The smallest absolute Gasteiger partial charge is 0.478 e. The molecule has 1 aromatic rings. The molecule has 4 nitrogen and oxygen atoms in total. The third kappa shape index (κ3) is 4.84. The van der Waals surface area contributed by atoms with Crippen LogP contribution in [0.5, 0.6) is 0 Å². The van der Waals surface area contributed by atoms with Crippen molar-refractivity contribution < 1.29 is 32.0 Å². The number of carboxylic acid groups (broad SMARTS) is 1. The van der Waals surface area contributed by atoms with E-state index in [9.17, 15) is 22.2 Å². The average molecular weight is 282 g/mol. The third-order valence-electron chi connectivity index (χ3n) is 1.88. The quantitative estimate of drug-likeness (QED) is 0.897. The van der Waals surface area contributed by atoms with Crippen LogP contribution in [0.2, 0.25) is 0 Å². The summed E-state index contributed by atoms with van der Waals surface area (Å²) >= 11 is 0. The first-order valence-electron chi connectivity index (χ1n) is 4.72. The lowest BCUT2D eigenvalue weighted by Gasteiger charge is -2.07. The Kier molecular flexibility index (Phi) is 4.85. The minimum absolute atomic E-state index is 0.0717. The number of carboxylic acids is 1. The van der Waals surface area contributed by atoms with E-state index in [2.05, 4.69) is 4.74 Å². The highest BCUT2D eigenvalue weighted by atomic mass is 32.2. The fraction of sp³-hybridized carbons (Fsp3) is 0.300. The van der Waals surface area contributed by atoms with Crippen molar-refractivity contribution in [3.05, 3.63) is 29.8 Å². The normalized spacial score (nSPS) is 13.3. The molecule has 0 radical (unpaired) electrons. The lowest BCUT2D eigenvalue weighted by atomic mass is 10.2. The highest BCUT2D eigenvalue weighted by Gasteiger charge is 2.28. The summed E-state index contributed by atoms with van der Waals surface area (Å²) < 4.78 is 50.1. The Morgan fingerprint density at radius 1 is 1.39 bits per heavy atom. The van der Waals surface area contributed by atoms with Crippen molar-refractivity contribution in [3.8, 4) is 0 Å². The Morgan fingerprint density at radius 2 is 2.06 bits per heavy atom. The Balaban J connectivity index is 2.62. The Labute approximate surface area is 103 Å². The molecule has 1 atom stereocenters. The molecule has 0 saturated carbocycles. The van der Waals surface area contributed by atoms with Crippen LogP contribution in [0.25, 0.3) is 0 Å². The molecule has 1 unspecified atom stereocenters. The van der Waals surface area contributed by atoms with E-state index in [0.717, 1.165) is 6.07 Å². The van der Waals surface area contributed by atoms with Crippen molar-refractivity contribution in [2.24, 2.45) is 0 Å². The highest BCUT2D eigenvalue weighted by molar-refractivity contribution is 7.85. The van der Waals surface area contributed by atoms with Gasteiger partial charge < -0.3 is 5.11 Å². The van der Waals surface area contributed by atoms with Crippen molar-refractivity contribution in [1.29, 1.82) is 0 Å². The van der Waals surface area contributed by atoms with E-state index in [4.69, 9.17) is 5.11 Å². The fourth-order valence-corrected chi connectivity index (χ4v) is 2.08. The fourth-order valence-electron chi connectivity index (χ4n) is 1.12. The first-order chi connectivity index (χ1) is 8.29. The van der Waals surface area contributed by atoms with Crippen LogP contribution in [0.15, 0.2) is 29.2 Å². The molecular weight excluding hydrogens is 273 g/mol. The molecule has 100 valence electrons. The number of hydrogen-bond donors (Lipinski definition) is 1. The second-order valence-electron chi connectivity index (χ2n) is 3.18. The zero-order chi connectivity index (χ0) is 13.8. The van der Waals surface area contributed by atoms with Gasteiger partial charge in [-0.15, -0.1) is 13.2 Å². The maximum atomic E-state index is 11.7. The number of carbonyl (C=O) groups is 1. The number of halogens is 3. The third-order valence-corrected chi connectivity index (χ3v) is 3.20. The van der Waals surface area contributed by atoms with Gasteiger partial charge in [-0.2, -0.15) is 0 Å². The molecule has 0 fully saturated rings. The zero-order valence-corrected chi connectivity index (χ0v) is 9.75. The molecule has 0 aliphatic rings. The van der Waals surface area contributed by atoms with E-state index >= 15 is 0 Å². The first kappa shape index (κ1) is 14.7. The number of rotatable bonds is 5. The predicted molar refractivity (Wildman–Crippen MR) is 56.7 cm³/mol. The SMILES string of the molecule is O=C(O)c1cccc(S(=O)CCOC(F)(F)F)c1. The Bertz CT molecular complexity index is 459. The van der Waals surface area contributed by atoms with Gasteiger partial charge in [0, 0.05) is 4.90 Å². The summed E-state index contributed by atoms with van der Waals surface area (Å²) in [5.41, 5.74) is -0.0717. The van der Waals surface area contributed by atoms with Crippen LogP contribution in [0.4, 0.5) is 13.2 Å². The van der Waals surface area contributed by atoms with Gasteiger partial charge in [0.05, 0.1) is 28.7 Å². The second-order valence-corrected chi connectivity index (χ2v) is 4.75. The van der Waals surface area contributed by atoms with Gasteiger partial charge in [-0.25, -0.2) is 4.79 Å². The van der Waals surface area contributed by atoms with Crippen LogP contribution in [0.1, 0.15) is 10.4 Å². The van der Waals surface area contributed by atoms with Crippen molar-refractivity contribution in [1.82, 2.24) is 0 Å². The maximum absolute atomic E-state index is 11.7. The van der Waals surface area contributed by atoms with E-state index in [0.29, 0.717) is 0 Å². The summed E-state index contributed by atoms with van der Waals surface area (Å²) in [6, 6.07) is 5.22. The van der Waals surface area contributed by atoms with E-state index in [1.807, 2.05) is 0 Å². The van der Waals surface area contributed by atoms with Crippen molar-refractivity contribution >= 4 is 16.8 Å². The molecule has 1 rings (SSSR count). The van der Waals surface area contributed by atoms with Gasteiger partial charge in [0.2, 0.25) is 0 Å². The monoisotopic (exact) mass is 282 g/mol. The van der Waals surface area contributed by atoms with Gasteiger partial charge in [0.1, 0.15) is 0 Å². The van der Waals surface area contributed by atoms with Crippen LogP contribution in [0.3, 0.4) is 0 Å². The standard InChI is InChI=1S/C10H9F3O4S/c11-10(12,13)17-4-5-18(16)8-3-1-2-7(6-8)9(14)15/h1-3,6H,4-5H2,(H,14,15). The van der Waals surface area contributed by atoms with Crippen molar-refractivity contribution in [2.45, 2.75) is 11.3 Å². The number of ether oxygens (including phenoxy) is 1. The number of hydrogen-bond acceptors (Lipinski definition) is 3. The summed E-state index contributed by atoms with van der Waals surface area (Å²) in [5.74, 6) is -1.55. The molecule has 0 saturated heterocycles. The zero-order valence-electron chi connectivity index (χ0n) is 8.94. The average Bonchev–Trinajstić information content (AvgIpc) is 2.27. The molecule has 1 aromatic carbocycles. The minimum Gasteiger partial charge on any atom is -0.478 e. The summed E-state index contributed by atoms with van der Waals surface area (Å²) in [6.45, 7) is -0.743. The summed E-state index contributed by atoms with van der Waals surface area (Å²) in [4.78, 5) is 10.8. The molecule has 0 bridgehead atoms. The number of alkyl halides is 3. The second kappa shape index (κ2) is 5.96. The van der Waals surface area contributed by atoms with Crippen LogP contribution in [0, 0.1) is 0 Å². The van der Waals surface area contributed by atoms with Gasteiger partial charge in [-0.3, -0.25) is 8.95 Å². The molecule has 0 aliphatic carbocycles. The Morgan fingerprint density at radius 3 is 2.61 bits per heavy atom. The molecule has 0 spiro atoms. The lowest BCUT2D eigenvalue weighted by Crippen LogP contribution is -2.17. The predicted octanol–water partition coefficient (Wildman–Crippen LogP) is 2.03. The van der Waals surface area contributed by atoms with Crippen LogP contribution in [-0.2, 0) is 15.5 Å². The maximum Gasteiger partial charge on any atom is 0.522 e. The molecule has 8 heteroatoms. The summed E-state index contributed by atoms with van der Waals surface area (Å²) in [6.07, 6.45) is -4.76. The van der Waals surface area contributed by atoms with Gasteiger partial charge in [0.25, 0.3) is 0 Å². The minimum atomic E-state index is -4.76. The van der Waals surface area contributed by atoms with Gasteiger partial charge in [-0.05, 0) is 18.2 Å². The molecule has 0 aromatic heterocycles. The van der Waals surface area contributed by atoms with Crippen molar-refractivity contribution in [3.63, 3.8) is 0 Å². The lowest BCUT2D eigenvalue weighted by molar-refractivity contribution is -0.322. The molecule has 0 amide bonds. The first-order valence-corrected chi connectivity index (χ1v) is 6.04. The number of aromatic carboxylic acids is 1. The van der Waals surface area contributed by atoms with Crippen LogP contribution in [-0.4, -0.2) is 34.0 Å². The number of benzene rings is 1. The van der Waals surface area contributed by atoms with Crippen LogP contribution < -0.4 is 0 Å². The molecule has 18 heavy (non-hydrogen) atoms. The van der Waals surface area contributed by atoms with Gasteiger partial charge >= 0.3 is 12.3 Å². The van der Waals surface area contributed by atoms with Gasteiger partial charge in [-0.1, -0.05) is 6.07 Å².